The van der Waals surface area contributed by atoms with Crippen molar-refractivity contribution >= 4 is 81.2 Å². The van der Waals surface area contributed by atoms with Crippen molar-refractivity contribution < 1.29 is 73.7 Å². The third kappa shape index (κ3) is 27.3. The van der Waals surface area contributed by atoms with Gasteiger partial charge in [-0.05, 0) is 181 Å². The maximum Gasteiger partial charge on any atom is 2.00 e. The van der Waals surface area contributed by atoms with Crippen molar-refractivity contribution in [3.8, 4) is 89.0 Å². The van der Waals surface area contributed by atoms with Crippen LogP contribution in [0, 0.1) is 55.4 Å². The summed E-state index contributed by atoms with van der Waals surface area (Å²) in [5.41, 5.74) is 23.8. The first-order valence-corrected chi connectivity index (χ1v) is 39.5. The number of halogens is 4. The van der Waals surface area contributed by atoms with Crippen molar-refractivity contribution in [2.75, 3.05) is 22.2 Å². The van der Waals surface area contributed by atoms with Gasteiger partial charge in [0, 0.05) is 45.5 Å². The maximum absolute atomic E-state index is 11.8. The number of alkyl halides is 4. The number of carboxylic acids is 4. The second kappa shape index (κ2) is 47.6. The summed E-state index contributed by atoms with van der Waals surface area (Å²) in [6.45, 7) is 20.6. The van der Waals surface area contributed by atoms with Crippen LogP contribution >= 0.6 is 46.4 Å². The van der Waals surface area contributed by atoms with Gasteiger partial charge in [-0.25, -0.2) is 0 Å². The number of nitrogens with zero attached hydrogens (tertiary/aromatic N) is 1. The molecule has 0 aliphatic carbocycles. The standard InChI is InChI=1S/4C21H18O2.C10H16NS.2CH2Cl2.2Fe/c4*1-14-6-10-16(11-7-14)18-4-3-5-19(20(18)21(22)23)17-12-8-15(2)9-13-17;1-3-12(4-2)9-10-7-5-6-8-11-10;2*2-1-3;;/h4*3-13H,1-2H3,(H,22,23);5-8H,3-4,9H2,1-2H3;2*1H2;;/q;;;;+1;;;;+2/p-4. The first kappa shape index (κ1) is 92.8. The summed E-state index contributed by atoms with van der Waals surface area (Å²) in [5.74, 6) is -0.893. The van der Waals surface area contributed by atoms with Gasteiger partial charge in [0.1, 0.15) is 17.3 Å². The fourth-order valence-electron chi connectivity index (χ4n) is 12.0. The molecule has 0 N–H and O–H groups in total. The number of carboxylic acid groups (broad SMARTS) is 4. The molecule has 9 nitrogen and oxygen atoms in total. The Hall–Kier alpha value is -9.78. The minimum Gasteiger partial charge on any atom is -0.545 e. The van der Waals surface area contributed by atoms with E-state index in [0.717, 1.165) is 94.8 Å². The third-order valence-electron chi connectivity index (χ3n) is 17.9. The van der Waals surface area contributed by atoms with E-state index in [1.165, 1.54) is 17.2 Å². The van der Waals surface area contributed by atoms with Crippen LogP contribution in [-0.2, 0) is 50.8 Å². The molecule has 13 rings (SSSR count). The van der Waals surface area contributed by atoms with E-state index in [1.54, 1.807) is 0 Å². The number of benzene rings is 12. The molecule has 0 atom stereocenters. The molecule has 0 aliphatic heterocycles. The number of pyridine rings is 1. The van der Waals surface area contributed by atoms with E-state index >= 15 is 0 Å². The average molecular weight is 1670 g/mol. The van der Waals surface area contributed by atoms with Crippen LogP contribution in [0.1, 0.15) is 105 Å². The quantitative estimate of drug-likeness (QED) is 0.0518. The Morgan fingerprint density at radius 3 is 0.562 bits per heavy atom. The van der Waals surface area contributed by atoms with Gasteiger partial charge in [-0.15, -0.1) is 46.4 Å². The molecular weight excluding hydrogens is 1580 g/mol. The molecule has 112 heavy (non-hydrogen) atoms. The predicted molar refractivity (Wildman–Crippen MR) is 454 cm³/mol. The minimum atomic E-state index is -1.16. The van der Waals surface area contributed by atoms with Crippen molar-refractivity contribution in [1.29, 1.82) is 0 Å². The van der Waals surface area contributed by atoms with Crippen molar-refractivity contribution in [2.45, 2.75) is 75.0 Å². The summed E-state index contributed by atoms with van der Waals surface area (Å²) in [4.78, 5) is 51.6. The van der Waals surface area contributed by atoms with Gasteiger partial charge in [0.2, 0.25) is 0 Å². The molecule has 0 spiro atoms. The SMILES string of the molecule is CC[S+](CC)Cc1ccccn1.Cc1ccc(-c2cccc(-c3ccc(C)cc3)c2C(=O)[O-])cc1.Cc1ccc(-c2cccc(-c3ccc(C)cc3)c2C(=O)[O-])cc1.Cc1ccc(-c2cccc(-c3ccc(C)cc3)c2C(=O)[O-])cc1.Cc1ccc(-c2cccc(-c3ccc(C)cc3)c2C(=O)[O-])cc1.ClCCl.ClCCl.[Fe+2].[Fe]. The van der Waals surface area contributed by atoms with E-state index in [0.29, 0.717) is 55.4 Å². The molecule has 1 heterocycles. The molecular formula is C96H88Cl4Fe2NO8S-. The third-order valence-corrected chi connectivity index (χ3v) is 20.2. The first-order valence-electron chi connectivity index (χ1n) is 35.7. The van der Waals surface area contributed by atoms with Crippen LogP contribution in [0.15, 0.2) is 291 Å². The van der Waals surface area contributed by atoms with Gasteiger partial charge < -0.3 is 39.6 Å². The van der Waals surface area contributed by atoms with Crippen LogP contribution in [-0.4, -0.2) is 51.0 Å². The number of carbonyl (C=O) groups is 4. The predicted octanol–water partition coefficient (Wildman–Crippen LogP) is 21.1. The molecule has 0 saturated carbocycles. The van der Waals surface area contributed by atoms with Crippen molar-refractivity contribution in [3.05, 3.63) is 364 Å². The smallest absolute Gasteiger partial charge is 0.545 e. The Morgan fingerprint density at radius 2 is 0.438 bits per heavy atom. The topological polar surface area (TPSA) is 173 Å². The summed E-state index contributed by atoms with van der Waals surface area (Å²) in [6, 6.07) is 91.0. The van der Waals surface area contributed by atoms with Crippen LogP contribution in [0.25, 0.3) is 89.0 Å². The second-order valence-corrected chi connectivity index (χ2v) is 30.1. The van der Waals surface area contributed by atoms with E-state index in [2.05, 4.69) is 31.0 Å². The summed E-state index contributed by atoms with van der Waals surface area (Å²) in [6.07, 6.45) is 1.88. The number of aromatic nitrogens is 1. The molecule has 1 aromatic heterocycles. The number of aryl methyl sites for hydroxylation is 8. The molecule has 0 bridgehead atoms. The fraction of sp³-hybridized carbons (Fsp3) is 0.156. The summed E-state index contributed by atoms with van der Waals surface area (Å²) in [7, 11) is 0.548. The number of hydrogen-bond donors (Lipinski definition) is 0. The van der Waals surface area contributed by atoms with E-state index in [-0.39, 0.29) is 67.1 Å². The number of carbonyl (C=O) groups excluding carboxylic acids is 4. The van der Waals surface area contributed by atoms with Crippen LogP contribution in [0.3, 0.4) is 0 Å². The Labute approximate surface area is 704 Å². The number of aromatic carboxylic acids is 4. The van der Waals surface area contributed by atoms with Gasteiger partial charge in [0.25, 0.3) is 0 Å². The van der Waals surface area contributed by atoms with E-state index in [9.17, 15) is 39.6 Å². The zero-order valence-electron chi connectivity index (χ0n) is 64.1. The van der Waals surface area contributed by atoms with E-state index < -0.39 is 23.9 Å². The summed E-state index contributed by atoms with van der Waals surface area (Å²) >= 11 is 19.1. The fourth-order valence-corrected chi connectivity index (χ4v) is 13.4. The second-order valence-electron chi connectivity index (χ2n) is 25.8. The molecule has 576 valence electrons. The molecule has 0 fully saturated rings. The zero-order valence-corrected chi connectivity index (χ0v) is 70.1. The van der Waals surface area contributed by atoms with Crippen LogP contribution in [0.5, 0.6) is 0 Å². The van der Waals surface area contributed by atoms with Crippen LogP contribution in [0.4, 0.5) is 0 Å². The minimum absolute atomic E-state index is 0. The zero-order chi connectivity index (χ0) is 79.8. The monoisotopic (exact) mass is 1670 g/mol. The van der Waals surface area contributed by atoms with E-state index in [1.807, 2.05) is 335 Å². The van der Waals surface area contributed by atoms with Gasteiger partial charge in [0.05, 0.1) is 40.2 Å². The summed E-state index contributed by atoms with van der Waals surface area (Å²) in [5, 5.41) is 47.6. The van der Waals surface area contributed by atoms with Gasteiger partial charge >= 0.3 is 17.1 Å². The average Bonchev–Trinajstić information content (AvgIpc) is 0.808. The van der Waals surface area contributed by atoms with Crippen molar-refractivity contribution in [3.63, 3.8) is 0 Å². The Morgan fingerprint density at radius 1 is 0.277 bits per heavy atom. The van der Waals surface area contributed by atoms with Crippen molar-refractivity contribution in [2.24, 2.45) is 0 Å². The Bertz CT molecular complexity index is 4260. The first-order chi connectivity index (χ1) is 52.9. The van der Waals surface area contributed by atoms with Gasteiger partial charge in [-0.2, -0.15) is 0 Å². The molecule has 0 amide bonds. The molecule has 16 heteroatoms. The molecule has 0 aliphatic rings. The largest absolute Gasteiger partial charge is 2.00 e. The Balaban J connectivity index is 0.000000248. The molecule has 12 aromatic carbocycles. The molecule has 0 radical (unpaired) electrons. The van der Waals surface area contributed by atoms with Gasteiger partial charge in [-0.1, -0.05) is 317 Å². The Kier molecular flexibility index (Phi) is 39.4. The van der Waals surface area contributed by atoms with Crippen LogP contribution in [0.2, 0.25) is 0 Å². The molecule has 0 saturated heterocycles. The van der Waals surface area contributed by atoms with Gasteiger partial charge in [-0.3, -0.25) is 4.98 Å². The molecule has 13 aromatic rings. The normalized spacial score (nSPS) is 10.1. The molecule has 0 unspecified atom stereocenters. The van der Waals surface area contributed by atoms with Crippen LogP contribution < -0.4 is 20.4 Å². The van der Waals surface area contributed by atoms with Gasteiger partial charge in [0.15, 0.2) is 0 Å². The maximum atomic E-state index is 11.8. The number of rotatable bonds is 16. The summed E-state index contributed by atoms with van der Waals surface area (Å²) < 4.78 is 0. The van der Waals surface area contributed by atoms with Crippen molar-refractivity contribution in [1.82, 2.24) is 4.98 Å². The van der Waals surface area contributed by atoms with E-state index in [4.69, 9.17) is 46.4 Å². The number of hydrogen-bond acceptors (Lipinski definition) is 9.